The van der Waals surface area contributed by atoms with Gasteiger partial charge >= 0.3 is 0 Å². The van der Waals surface area contributed by atoms with Gasteiger partial charge in [-0.05, 0) is 45.2 Å². The Labute approximate surface area is 187 Å². The maximum absolute atomic E-state index is 5.10. The Kier molecular flexibility index (Phi) is 5.51. The fourth-order valence-corrected chi connectivity index (χ4v) is 4.13. The standard InChI is InChI=1S/C29H34N2/c1-28(2,3)23-14-12-22(13-15-23)27-20-26(21-10-8-7-9-11-21)30-31(27)25-18-16-24(17-19-25)29(4,5)6/h7-19,27H,20H2,1-6H3. The maximum atomic E-state index is 5.10. The number of anilines is 1. The summed E-state index contributed by atoms with van der Waals surface area (Å²) >= 11 is 0. The second-order valence-corrected chi connectivity index (χ2v) is 10.6. The molecule has 31 heavy (non-hydrogen) atoms. The van der Waals surface area contributed by atoms with Gasteiger partial charge in [-0.1, -0.05) is 108 Å². The summed E-state index contributed by atoms with van der Waals surface area (Å²) in [6, 6.07) is 28.8. The number of hydrogen-bond acceptors (Lipinski definition) is 2. The molecule has 1 heterocycles. The smallest absolute Gasteiger partial charge is 0.0831 e. The zero-order valence-corrected chi connectivity index (χ0v) is 19.7. The summed E-state index contributed by atoms with van der Waals surface area (Å²) < 4.78 is 0. The van der Waals surface area contributed by atoms with Crippen LogP contribution in [0.15, 0.2) is 84.0 Å². The molecular formula is C29H34N2. The van der Waals surface area contributed by atoms with E-state index in [4.69, 9.17) is 5.10 Å². The van der Waals surface area contributed by atoms with Gasteiger partial charge in [-0.15, -0.1) is 0 Å². The molecule has 2 nitrogen and oxygen atoms in total. The molecule has 0 amide bonds. The zero-order chi connectivity index (χ0) is 22.2. The van der Waals surface area contributed by atoms with E-state index < -0.39 is 0 Å². The first-order valence-electron chi connectivity index (χ1n) is 11.3. The minimum atomic E-state index is 0.143. The van der Waals surface area contributed by atoms with Gasteiger partial charge in [0.05, 0.1) is 17.4 Å². The zero-order valence-electron chi connectivity index (χ0n) is 19.7. The molecule has 0 saturated heterocycles. The minimum Gasteiger partial charge on any atom is -0.257 e. The van der Waals surface area contributed by atoms with E-state index in [0.29, 0.717) is 0 Å². The summed E-state index contributed by atoms with van der Waals surface area (Å²) in [5, 5.41) is 7.31. The fraction of sp³-hybridized carbons (Fsp3) is 0.345. The molecule has 0 saturated carbocycles. The minimum absolute atomic E-state index is 0.143. The van der Waals surface area contributed by atoms with E-state index in [9.17, 15) is 0 Å². The van der Waals surface area contributed by atoms with Crippen molar-refractivity contribution in [3.8, 4) is 0 Å². The van der Waals surface area contributed by atoms with E-state index in [-0.39, 0.29) is 16.9 Å². The van der Waals surface area contributed by atoms with Crippen molar-refractivity contribution >= 4 is 11.4 Å². The monoisotopic (exact) mass is 410 g/mol. The molecule has 0 aromatic heterocycles. The highest BCUT2D eigenvalue weighted by Crippen LogP contribution is 2.38. The van der Waals surface area contributed by atoms with Crippen molar-refractivity contribution in [2.24, 2.45) is 5.10 Å². The average Bonchev–Trinajstić information content (AvgIpc) is 3.19. The van der Waals surface area contributed by atoms with Crippen LogP contribution in [0.3, 0.4) is 0 Å². The quantitative estimate of drug-likeness (QED) is 0.433. The molecule has 4 rings (SSSR count). The van der Waals surface area contributed by atoms with Crippen molar-refractivity contribution in [1.29, 1.82) is 0 Å². The van der Waals surface area contributed by atoms with Crippen LogP contribution in [0.5, 0.6) is 0 Å². The first-order valence-corrected chi connectivity index (χ1v) is 11.3. The summed E-state index contributed by atoms with van der Waals surface area (Å²) in [6.45, 7) is 13.5. The van der Waals surface area contributed by atoms with E-state index in [1.54, 1.807) is 0 Å². The first kappa shape index (κ1) is 21.4. The lowest BCUT2D eigenvalue weighted by Crippen LogP contribution is -2.19. The second kappa shape index (κ2) is 8.00. The molecule has 0 radical (unpaired) electrons. The van der Waals surface area contributed by atoms with Crippen LogP contribution < -0.4 is 5.01 Å². The molecule has 0 fully saturated rings. The Morgan fingerprint density at radius 2 is 1.19 bits per heavy atom. The van der Waals surface area contributed by atoms with Crippen LogP contribution in [0, 0.1) is 0 Å². The number of benzene rings is 3. The molecule has 0 N–H and O–H groups in total. The van der Waals surface area contributed by atoms with Gasteiger partial charge in [0.1, 0.15) is 0 Å². The second-order valence-electron chi connectivity index (χ2n) is 10.6. The van der Waals surface area contributed by atoms with Crippen molar-refractivity contribution in [2.45, 2.75) is 64.8 Å². The summed E-state index contributed by atoms with van der Waals surface area (Å²) in [4.78, 5) is 0. The van der Waals surface area contributed by atoms with Crippen molar-refractivity contribution < 1.29 is 0 Å². The van der Waals surface area contributed by atoms with E-state index >= 15 is 0 Å². The topological polar surface area (TPSA) is 15.6 Å². The van der Waals surface area contributed by atoms with Crippen LogP contribution in [-0.4, -0.2) is 5.71 Å². The molecule has 0 bridgehead atoms. The molecule has 160 valence electrons. The molecular weight excluding hydrogens is 376 g/mol. The molecule has 2 heteroatoms. The molecule has 0 aliphatic carbocycles. The fourth-order valence-electron chi connectivity index (χ4n) is 4.13. The predicted octanol–water partition coefficient (Wildman–Crippen LogP) is 7.64. The Morgan fingerprint density at radius 1 is 0.677 bits per heavy atom. The summed E-state index contributed by atoms with van der Waals surface area (Å²) in [7, 11) is 0. The highest BCUT2D eigenvalue weighted by Gasteiger charge is 2.30. The third kappa shape index (κ3) is 4.58. The molecule has 1 aliphatic heterocycles. The van der Waals surface area contributed by atoms with Crippen LogP contribution in [0.2, 0.25) is 0 Å². The van der Waals surface area contributed by atoms with E-state index in [2.05, 4.69) is 125 Å². The van der Waals surface area contributed by atoms with Gasteiger partial charge < -0.3 is 0 Å². The molecule has 1 atom stereocenters. The normalized spacial score (nSPS) is 17.0. The number of rotatable bonds is 3. The summed E-state index contributed by atoms with van der Waals surface area (Å²) in [6.07, 6.45) is 0.903. The van der Waals surface area contributed by atoms with Crippen molar-refractivity contribution in [3.63, 3.8) is 0 Å². The van der Waals surface area contributed by atoms with Crippen LogP contribution in [0.1, 0.15) is 76.3 Å². The van der Waals surface area contributed by atoms with Crippen molar-refractivity contribution in [3.05, 3.63) is 101 Å². The van der Waals surface area contributed by atoms with E-state index in [1.807, 2.05) is 0 Å². The number of nitrogens with zero attached hydrogens (tertiary/aromatic N) is 2. The van der Waals surface area contributed by atoms with Gasteiger partial charge in [0.25, 0.3) is 0 Å². The summed E-state index contributed by atoms with van der Waals surface area (Å²) in [5.41, 5.74) is 7.80. The van der Waals surface area contributed by atoms with Crippen LogP contribution >= 0.6 is 0 Å². The van der Waals surface area contributed by atoms with Crippen LogP contribution in [0.25, 0.3) is 0 Å². The average molecular weight is 411 g/mol. The van der Waals surface area contributed by atoms with Gasteiger partial charge in [0.2, 0.25) is 0 Å². The van der Waals surface area contributed by atoms with Crippen molar-refractivity contribution in [2.75, 3.05) is 5.01 Å². The van der Waals surface area contributed by atoms with Gasteiger partial charge in [-0.25, -0.2) is 0 Å². The van der Waals surface area contributed by atoms with E-state index in [0.717, 1.165) is 17.8 Å². The lowest BCUT2D eigenvalue weighted by atomic mass is 9.85. The largest absolute Gasteiger partial charge is 0.257 e. The first-order chi connectivity index (χ1) is 14.6. The molecule has 3 aromatic rings. The predicted molar refractivity (Wildman–Crippen MR) is 133 cm³/mol. The molecule has 1 unspecified atom stereocenters. The third-order valence-corrected chi connectivity index (χ3v) is 6.18. The summed E-state index contributed by atoms with van der Waals surface area (Å²) in [5.74, 6) is 0. The molecule has 3 aromatic carbocycles. The van der Waals surface area contributed by atoms with Crippen molar-refractivity contribution in [1.82, 2.24) is 0 Å². The van der Waals surface area contributed by atoms with E-state index in [1.165, 1.54) is 22.3 Å². The number of hydrogen-bond donors (Lipinski definition) is 0. The van der Waals surface area contributed by atoms with Gasteiger partial charge in [-0.3, -0.25) is 5.01 Å². The van der Waals surface area contributed by atoms with Gasteiger partial charge in [0.15, 0.2) is 0 Å². The highest BCUT2D eigenvalue weighted by atomic mass is 15.5. The lowest BCUT2D eigenvalue weighted by molar-refractivity contribution is 0.588. The highest BCUT2D eigenvalue weighted by molar-refractivity contribution is 6.03. The lowest BCUT2D eigenvalue weighted by Gasteiger charge is -2.26. The Bertz CT molecular complexity index is 1050. The number of hydrazone groups is 1. The van der Waals surface area contributed by atoms with Crippen LogP contribution in [-0.2, 0) is 10.8 Å². The van der Waals surface area contributed by atoms with Crippen LogP contribution in [0.4, 0.5) is 5.69 Å². The van der Waals surface area contributed by atoms with Gasteiger partial charge in [0, 0.05) is 6.42 Å². The SMILES string of the molecule is CC(C)(C)c1ccc(C2CC(c3ccccc3)=NN2c2ccc(C(C)(C)C)cc2)cc1. The Balaban J connectivity index is 1.71. The van der Waals surface area contributed by atoms with Gasteiger partial charge in [-0.2, -0.15) is 5.10 Å². The molecule has 1 aliphatic rings. The molecule has 0 spiro atoms. The third-order valence-electron chi connectivity index (χ3n) is 6.18. The Morgan fingerprint density at radius 3 is 1.71 bits per heavy atom. The Hall–Kier alpha value is -2.87. The maximum Gasteiger partial charge on any atom is 0.0831 e.